The van der Waals surface area contributed by atoms with E-state index in [1.807, 2.05) is 48.5 Å². The van der Waals surface area contributed by atoms with Crippen LogP contribution in [0.2, 0.25) is 0 Å². The Kier molecular flexibility index (Phi) is 14.5. The minimum absolute atomic E-state index is 0.0301. The highest BCUT2D eigenvalue weighted by atomic mass is 16.6. The van der Waals surface area contributed by atoms with Gasteiger partial charge in [0.2, 0.25) is 11.8 Å². The predicted molar refractivity (Wildman–Crippen MR) is 172 cm³/mol. The highest BCUT2D eigenvalue weighted by Gasteiger charge is 2.36. The number of carbonyl (C=O) groups excluding carboxylic acids is 4. The number of ether oxygens (including phenoxy) is 2. The minimum Gasteiger partial charge on any atom is -0.463 e. The molecule has 0 spiro atoms. The maximum atomic E-state index is 13.5. The Morgan fingerprint density at radius 3 is 2.11 bits per heavy atom. The van der Waals surface area contributed by atoms with Crippen molar-refractivity contribution in [3.63, 3.8) is 0 Å². The molecule has 0 saturated heterocycles. The number of rotatable bonds is 19. The van der Waals surface area contributed by atoms with Gasteiger partial charge in [-0.05, 0) is 49.7 Å². The van der Waals surface area contributed by atoms with E-state index in [1.165, 1.54) is 6.08 Å². The molecule has 1 aliphatic rings. The van der Waals surface area contributed by atoms with Crippen molar-refractivity contribution in [2.75, 3.05) is 13.2 Å². The molecule has 2 aromatic carbocycles. The van der Waals surface area contributed by atoms with E-state index in [4.69, 9.17) is 9.47 Å². The fourth-order valence-corrected chi connectivity index (χ4v) is 5.52. The van der Waals surface area contributed by atoms with Gasteiger partial charge in [-0.1, -0.05) is 85.7 Å². The molecule has 0 unspecified atom stereocenters. The van der Waals surface area contributed by atoms with Gasteiger partial charge < -0.3 is 25.2 Å². The molecule has 3 N–H and O–H groups in total. The van der Waals surface area contributed by atoms with Crippen LogP contribution in [0, 0.1) is 11.8 Å². The molecule has 2 aromatic rings. The van der Waals surface area contributed by atoms with Crippen LogP contribution in [0.1, 0.15) is 62.5 Å². The minimum atomic E-state index is -1.30. The van der Waals surface area contributed by atoms with Crippen LogP contribution in [-0.2, 0) is 41.7 Å². The van der Waals surface area contributed by atoms with Gasteiger partial charge in [0.1, 0.15) is 13.2 Å². The number of aliphatic hydroxyl groups is 1. The van der Waals surface area contributed by atoms with E-state index in [0.29, 0.717) is 32.1 Å². The molecular weight excluding hydrogens is 572 g/mol. The van der Waals surface area contributed by atoms with Gasteiger partial charge in [-0.3, -0.25) is 14.4 Å². The number of hydrogen-bond donors (Lipinski definition) is 3. The largest absolute Gasteiger partial charge is 0.463 e. The van der Waals surface area contributed by atoms with Gasteiger partial charge in [-0.15, -0.1) is 13.2 Å². The second kappa shape index (κ2) is 18.5. The molecule has 0 aliphatic heterocycles. The molecule has 1 aliphatic carbocycles. The fourth-order valence-electron chi connectivity index (χ4n) is 5.52. The SMILES string of the molecule is C=CCC[C@H](Cc1ccccc1)C(=O)OC[C@@H](NC(=O)[C@H](CC=C)CC(=O)NC1(CO)CCCC1)C(=O)OCc1ccccc1. The highest BCUT2D eigenvalue weighted by molar-refractivity contribution is 5.89. The van der Waals surface area contributed by atoms with Crippen molar-refractivity contribution >= 4 is 23.8 Å². The van der Waals surface area contributed by atoms with Gasteiger partial charge in [-0.25, -0.2) is 4.79 Å². The summed E-state index contributed by atoms with van der Waals surface area (Å²) in [5.74, 6) is -3.51. The third-order valence-corrected chi connectivity index (χ3v) is 8.12. The van der Waals surface area contributed by atoms with E-state index in [-0.39, 0.29) is 32.0 Å². The van der Waals surface area contributed by atoms with Crippen LogP contribution in [0.25, 0.3) is 0 Å². The van der Waals surface area contributed by atoms with Crippen LogP contribution < -0.4 is 10.6 Å². The van der Waals surface area contributed by atoms with Crippen molar-refractivity contribution < 1.29 is 33.8 Å². The fraction of sp³-hybridized carbons (Fsp3) is 0.444. The Morgan fingerprint density at radius 2 is 1.51 bits per heavy atom. The average molecular weight is 619 g/mol. The molecule has 1 saturated carbocycles. The Balaban J connectivity index is 1.71. The number of nitrogens with one attached hydrogen (secondary N) is 2. The van der Waals surface area contributed by atoms with Crippen LogP contribution in [-0.4, -0.2) is 53.7 Å². The van der Waals surface area contributed by atoms with Crippen LogP contribution in [0.4, 0.5) is 0 Å². The topological polar surface area (TPSA) is 131 Å². The van der Waals surface area contributed by atoms with E-state index in [9.17, 15) is 24.3 Å². The molecule has 0 bridgehead atoms. The predicted octanol–water partition coefficient (Wildman–Crippen LogP) is 4.59. The first-order valence-electron chi connectivity index (χ1n) is 15.6. The summed E-state index contributed by atoms with van der Waals surface area (Å²) in [6, 6.07) is 17.4. The summed E-state index contributed by atoms with van der Waals surface area (Å²) in [6.45, 7) is 6.84. The highest BCUT2D eigenvalue weighted by Crippen LogP contribution is 2.29. The monoisotopic (exact) mass is 618 g/mol. The number of benzene rings is 2. The van der Waals surface area contributed by atoms with Crippen LogP contribution in [0.3, 0.4) is 0 Å². The second-order valence-corrected chi connectivity index (χ2v) is 11.7. The van der Waals surface area contributed by atoms with E-state index in [2.05, 4.69) is 23.8 Å². The first kappa shape index (κ1) is 35.2. The number of esters is 2. The lowest BCUT2D eigenvalue weighted by molar-refractivity contribution is -0.157. The van der Waals surface area contributed by atoms with Gasteiger partial charge in [0.05, 0.1) is 24.0 Å². The second-order valence-electron chi connectivity index (χ2n) is 11.7. The molecule has 2 amide bonds. The lowest BCUT2D eigenvalue weighted by atomic mass is 9.95. The molecule has 0 radical (unpaired) electrons. The molecule has 1 fully saturated rings. The number of hydrogen-bond acceptors (Lipinski definition) is 7. The lowest BCUT2D eigenvalue weighted by Gasteiger charge is -2.29. The Bertz CT molecular complexity index is 1260. The average Bonchev–Trinajstić information content (AvgIpc) is 3.52. The molecule has 9 nitrogen and oxygen atoms in total. The van der Waals surface area contributed by atoms with Crippen molar-refractivity contribution in [2.45, 2.75) is 76.0 Å². The molecule has 0 heterocycles. The molecule has 45 heavy (non-hydrogen) atoms. The smallest absolute Gasteiger partial charge is 0.332 e. The summed E-state index contributed by atoms with van der Waals surface area (Å²) in [5.41, 5.74) is 1.06. The lowest BCUT2D eigenvalue weighted by Crippen LogP contribution is -2.51. The van der Waals surface area contributed by atoms with Crippen molar-refractivity contribution in [3.05, 3.63) is 97.1 Å². The number of carbonyl (C=O) groups is 4. The summed E-state index contributed by atoms with van der Waals surface area (Å²) >= 11 is 0. The van der Waals surface area contributed by atoms with E-state index in [1.54, 1.807) is 18.2 Å². The Morgan fingerprint density at radius 1 is 0.867 bits per heavy atom. The number of aliphatic hydroxyl groups excluding tert-OH is 1. The van der Waals surface area contributed by atoms with E-state index in [0.717, 1.165) is 24.0 Å². The van der Waals surface area contributed by atoms with Crippen molar-refractivity contribution in [3.8, 4) is 0 Å². The maximum Gasteiger partial charge on any atom is 0.332 e. The van der Waals surface area contributed by atoms with Gasteiger partial charge in [-0.2, -0.15) is 0 Å². The Hall–Kier alpha value is -4.24. The van der Waals surface area contributed by atoms with Gasteiger partial charge in [0, 0.05) is 6.42 Å². The summed E-state index contributed by atoms with van der Waals surface area (Å²) in [7, 11) is 0. The van der Waals surface area contributed by atoms with Crippen molar-refractivity contribution in [1.29, 1.82) is 0 Å². The number of amides is 2. The molecule has 3 atom stereocenters. The number of allylic oxidation sites excluding steroid dienone is 2. The summed E-state index contributed by atoms with van der Waals surface area (Å²) in [6.07, 6.45) is 8.02. The van der Waals surface area contributed by atoms with Crippen molar-refractivity contribution in [1.82, 2.24) is 10.6 Å². The van der Waals surface area contributed by atoms with Gasteiger partial charge >= 0.3 is 11.9 Å². The Labute approximate surface area is 266 Å². The standard InChI is InChI=1S/C36H46N2O7/c1-3-5-19-30(22-27-15-8-6-9-16-27)34(42)45-25-31(35(43)44-24-28-17-10-7-11-18-28)37-33(41)29(14-4-2)23-32(40)38-36(26-39)20-12-13-21-36/h3-4,6-11,15-18,29-31,39H,1-2,5,12-14,19-26H2,(H,37,41)(H,38,40)/t29-,30-,31-/m1/s1. The van der Waals surface area contributed by atoms with Crippen LogP contribution in [0.5, 0.6) is 0 Å². The zero-order valence-corrected chi connectivity index (χ0v) is 26.0. The van der Waals surface area contributed by atoms with E-state index >= 15 is 0 Å². The summed E-state index contributed by atoms with van der Waals surface area (Å²) < 4.78 is 11.1. The third-order valence-electron chi connectivity index (χ3n) is 8.12. The summed E-state index contributed by atoms with van der Waals surface area (Å²) in [5, 5.41) is 15.5. The zero-order chi connectivity index (χ0) is 32.5. The molecular formula is C36H46N2O7. The quantitative estimate of drug-likeness (QED) is 0.155. The van der Waals surface area contributed by atoms with Crippen molar-refractivity contribution in [2.24, 2.45) is 11.8 Å². The van der Waals surface area contributed by atoms with Gasteiger partial charge in [0.25, 0.3) is 0 Å². The normalized spacial score (nSPS) is 15.6. The van der Waals surface area contributed by atoms with Crippen LogP contribution in [0.15, 0.2) is 86.0 Å². The van der Waals surface area contributed by atoms with Crippen LogP contribution >= 0.6 is 0 Å². The first-order valence-corrected chi connectivity index (χ1v) is 15.6. The molecule has 0 aromatic heterocycles. The van der Waals surface area contributed by atoms with E-state index < -0.39 is 47.9 Å². The molecule has 9 heteroatoms. The zero-order valence-electron chi connectivity index (χ0n) is 26.0. The maximum absolute atomic E-state index is 13.5. The van der Waals surface area contributed by atoms with Gasteiger partial charge in [0.15, 0.2) is 6.04 Å². The third kappa shape index (κ3) is 11.6. The first-order chi connectivity index (χ1) is 21.8. The molecule has 242 valence electrons. The molecule has 3 rings (SSSR count). The summed E-state index contributed by atoms with van der Waals surface area (Å²) in [4.78, 5) is 52.9.